The molecule has 0 aliphatic carbocycles. The van der Waals surface area contributed by atoms with Crippen LogP contribution in [0.3, 0.4) is 0 Å². The van der Waals surface area contributed by atoms with Crippen molar-refractivity contribution >= 4 is 11.8 Å². The van der Waals surface area contributed by atoms with Crippen molar-refractivity contribution < 1.29 is 9.59 Å². The lowest BCUT2D eigenvalue weighted by molar-refractivity contribution is -0.165. The zero-order valence-electron chi connectivity index (χ0n) is 7.40. The number of amides is 2. The van der Waals surface area contributed by atoms with Gasteiger partial charge >= 0.3 is 0 Å². The fraction of sp³-hybridized carbons (Fsp3) is 0.556. The molecular weight excluding hydrogens is 168 g/mol. The van der Waals surface area contributed by atoms with Gasteiger partial charge in [-0.3, -0.25) is 9.59 Å². The second kappa shape index (κ2) is 3.30. The third-order valence-corrected chi connectivity index (χ3v) is 2.34. The Morgan fingerprint density at radius 3 is 2.08 bits per heavy atom. The fourth-order valence-electron chi connectivity index (χ4n) is 1.69. The zero-order valence-corrected chi connectivity index (χ0v) is 7.40. The minimum atomic E-state index is -0.0556. The lowest BCUT2D eigenvalue weighted by atomic mass is 10.1. The van der Waals surface area contributed by atoms with Crippen LogP contribution in [0, 0.1) is 0 Å². The van der Waals surface area contributed by atoms with E-state index in [9.17, 15) is 9.59 Å². The number of rotatable bonds is 1. The first-order valence-electron chi connectivity index (χ1n) is 4.54. The van der Waals surface area contributed by atoms with Gasteiger partial charge in [0, 0.05) is 25.9 Å². The van der Waals surface area contributed by atoms with Crippen LogP contribution in [0.5, 0.6) is 0 Å². The number of hydrazine groups is 1. The van der Waals surface area contributed by atoms with Crippen LogP contribution >= 0.6 is 0 Å². The van der Waals surface area contributed by atoms with Gasteiger partial charge in [0.1, 0.15) is 0 Å². The van der Waals surface area contributed by atoms with Crippen molar-refractivity contribution in [2.24, 2.45) is 0 Å². The van der Waals surface area contributed by atoms with Crippen LogP contribution in [0.15, 0.2) is 12.2 Å². The van der Waals surface area contributed by atoms with Crippen molar-refractivity contribution in [1.29, 1.82) is 0 Å². The first kappa shape index (κ1) is 8.44. The molecule has 0 spiro atoms. The fourth-order valence-corrected chi connectivity index (χ4v) is 1.69. The smallest absolute Gasteiger partial charge is 0.243 e. The normalized spacial score (nSPS) is 24.5. The van der Waals surface area contributed by atoms with Crippen LogP contribution < -0.4 is 0 Å². The standard InChI is InChI=1S/C9H12N2O2/c12-8-4-3-5-9(13)11(8)10-6-1-2-7-10/h1-2H,3-7H2. The van der Waals surface area contributed by atoms with Gasteiger partial charge in [-0.15, -0.1) is 0 Å². The molecule has 4 heteroatoms. The van der Waals surface area contributed by atoms with E-state index in [1.165, 1.54) is 5.01 Å². The Hall–Kier alpha value is -1.16. The van der Waals surface area contributed by atoms with E-state index < -0.39 is 0 Å². The van der Waals surface area contributed by atoms with Crippen molar-refractivity contribution in [3.05, 3.63) is 12.2 Å². The Kier molecular flexibility index (Phi) is 2.14. The maximum absolute atomic E-state index is 11.4. The molecule has 4 nitrogen and oxygen atoms in total. The molecule has 0 atom stereocenters. The molecule has 0 unspecified atom stereocenters. The maximum atomic E-state index is 11.4. The van der Waals surface area contributed by atoms with Crippen LogP contribution in [0.25, 0.3) is 0 Å². The Labute approximate surface area is 76.8 Å². The summed E-state index contributed by atoms with van der Waals surface area (Å²) in [5.41, 5.74) is 0. The quantitative estimate of drug-likeness (QED) is 0.431. The molecule has 1 saturated heterocycles. The molecule has 2 amide bonds. The van der Waals surface area contributed by atoms with Gasteiger partial charge in [-0.25, -0.2) is 10.0 Å². The molecule has 0 aromatic heterocycles. The summed E-state index contributed by atoms with van der Waals surface area (Å²) in [6.45, 7) is 1.36. The lowest BCUT2D eigenvalue weighted by Gasteiger charge is -2.32. The first-order valence-corrected chi connectivity index (χ1v) is 4.54. The van der Waals surface area contributed by atoms with E-state index in [2.05, 4.69) is 0 Å². The van der Waals surface area contributed by atoms with E-state index in [4.69, 9.17) is 0 Å². The molecule has 0 saturated carbocycles. The second-order valence-corrected chi connectivity index (χ2v) is 3.30. The first-order chi connectivity index (χ1) is 6.29. The Morgan fingerprint density at radius 1 is 1.00 bits per heavy atom. The Balaban J connectivity index is 2.09. The van der Waals surface area contributed by atoms with Crippen molar-refractivity contribution in [1.82, 2.24) is 10.0 Å². The molecule has 0 radical (unpaired) electrons. The molecule has 70 valence electrons. The van der Waals surface area contributed by atoms with Crippen LogP contribution in [0.2, 0.25) is 0 Å². The molecule has 0 N–H and O–H groups in total. The van der Waals surface area contributed by atoms with E-state index in [1.54, 1.807) is 5.01 Å². The highest BCUT2D eigenvalue weighted by Crippen LogP contribution is 2.16. The molecule has 2 aliphatic heterocycles. The van der Waals surface area contributed by atoms with Crippen molar-refractivity contribution in [3.63, 3.8) is 0 Å². The minimum Gasteiger partial charge on any atom is -0.273 e. The Bertz CT molecular complexity index is 249. The molecule has 0 aromatic carbocycles. The zero-order chi connectivity index (χ0) is 9.26. The molecular formula is C9H12N2O2. The van der Waals surface area contributed by atoms with Gasteiger partial charge in [0.2, 0.25) is 11.8 Å². The average molecular weight is 180 g/mol. The van der Waals surface area contributed by atoms with E-state index in [0.717, 1.165) is 0 Å². The highest BCUT2D eigenvalue weighted by Gasteiger charge is 2.31. The van der Waals surface area contributed by atoms with Crippen LogP contribution in [0.1, 0.15) is 19.3 Å². The molecule has 13 heavy (non-hydrogen) atoms. The summed E-state index contributed by atoms with van der Waals surface area (Å²) in [7, 11) is 0. The molecule has 1 fully saturated rings. The van der Waals surface area contributed by atoms with Gasteiger partial charge in [0.25, 0.3) is 0 Å². The highest BCUT2D eigenvalue weighted by molar-refractivity contribution is 5.96. The number of hydrogen-bond acceptors (Lipinski definition) is 3. The number of piperidine rings is 1. The summed E-state index contributed by atoms with van der Waals surface area (Å²) in [6, 6.07) is 0. The van der Waals surface area contributed by atoms with Gasteiger partial charge in [0.15, 0.2) is 0 Å². The van der Waals surface area contributed by atoms with Gasteiger partial charge in [-0.1, -0.05) is 12.2 Å². The number of carbonyl (C=O) groups is 2. The van der Waals surface area contributed by atoms with Gasteiger partial charge in [0.05, 0.1) is 0 Å². The van der Waals surface area contributed by atoms with E-state index in [1.807, 2.05) is 12.2 Å². The Morgan fingerprint density at radius 2 is 1.54 bits per heavy atom. The summed E-state index contributed by atoms with van der Waals surface area (Å²) in [5, 5.41) is 3.09. The van der Waals surface area contributed by atoms with Crippen molar-refractivity contribution in [3.8, 4) is 0 Å². The minimum absolute atomic E-state index is 0.0556. The van der Waals surface area contributed by atoms with Gasteiger partial charge in [-0.05, 0) is 6.42 Å². The monoisotopic (exact) mass is 180 g/mol. The summed E-state index contributed by atoms with van der Waals surface area (Å²) in [6.07, 6.45) is 5.64. The third kappa shape index (κ3) is 1.49. The van der Waals surface area contributed by atoms with Gasteiger partial charge < -0.3 is 0 Å². The number of nitrogens with zero attached hydrogens (tertiary/aromatic N) is 2. The van der Waals surface area contributed by atoms with Crippen LogP contribution in [-0.2, 0) is 9.59 Å². The SMILES string of the molecule is O=C1CCCC(=O)N1N1CC=CC1. The van der Waals surface area contributed by atoms with E-state index in [-0.39, 0.29) is 11.8 Å². The third-order valence-electron chi connectivity index (χ3n) is 2.34. The summed E-state index contributed by atoms with van der Waals surface area (Å²) >= 11 is 0. The number of hydrogen-bond donors (Lipinski definition) is 0. The predicted molar refractivity (Wildman–Crippen MR) is 46.4 cm³/mol. The summed E-state index contributed by atoms with van der Waals surface area (Å²) < 4.78 is 0. The van der Waals surface area contributed by atoms with Crippen LogP contribution in [0.4, 0.5) is 0 Å². The molecule has 2 rings (SSSR count). The maximum Gasteiger partial charge on any atom is 0.243 e. The highest BCUT2D eigenvalue weighted by atomic mass is 16.2. The summed E-state index contributed by atoms with van der Waals surface area (Å²) in [5.74, 6) is -0.111. The van der Waals surface area contributed by atoms with Crippen molar-refractivity contribution in [2.45, 2.75) is 19.3 Å². The molecule has 0 aromatic rings. The lowest BCUT2D eigenvalue weighted by Crippen LogP contribution is -2.50. The van der Waals surface area contributed by atoms with Crippen molar-refractivity contribution in [2.75, 3.05) is 13.1 Å². The van der Waals surface area contributed by atoms with E-state index in [0.29, 0.717) is 32.4 Å². The average Bonchev–Trinajstić information content (AvgIpc) is 2.57. The molecule has 2 heterocycles. The largest absolute Gasteiger partial charge is 0.273 e. The molecule has 2 aliphatic rings. The summed E-state index contributed by atoms with van der Waals surface area (Å²) in [4.78, 5) is 22.9. The topological polar surface area (TPSA) is 40.6 Å². The van der Waals surface area contributed by atoms with Crippen LogP contribution in [-0.4, -0.2) is 34.9 Å². The predicted octanol–water partition coefficient (Wildman–Crippen LogP) is 0.312. The number of carbonyl (C=O) groups excluding carboxylic acids is 2. The van der Waals surface area contributed by atoms with Gasteiger partial charge in [-0.2, -0.15) is 0 Å². The van der Waals surface area contributed by atoms with E-state index >= 15 is 0 Å². The number of imide groups is 1. The second-order valence-electron chi connectivity index (χ2n) is 3.30. The molecule has 0 bridgehead atoms.